The molecule has 0 radical (unpaired) electrons. The number of nitrogens with zero attached hydrogens (tertiary/aromatic N) is 1. The van der Waals surface area contributed by atoms with Crippen LogP contribution < -0.4 is 10.6 Å². The van der Waals surface area contributed by atoms with Gasteiger partial charge in [-0.25, -0.2) is 9.59 Å². The average molecular weight is 275 g/mol. The molecule has 7 nitrogen and oxygen atoms in total. The fraction of sp³-hybridized carbons (Fsp3) is 0.154. The maximum atomic E-state index is 11.6. The van der Waals surface area contributed by atoms with E-state index in [1.54, 1.807) is 19.1 Å². The Labute approximate surface area is 114 Å². The minimum absolute atomic E-state index is 0.207. The van der Waals surface area contributed by atoms with Crippen LogP contribution in [0.3, 0.4) is 0 Å². The number of aryl methyl sites for hydroxylation is 1. The average Bonchev–Trinajstić information content (AvgIpc) is 2.89. The van der Waals surface area contributed by atoms with Crippen LogP contribution in [0.4, 0.5) is 10.5 Å². The molecule has 0 aliphatic carbocycles. The van der Waals surface area contributed by atoms with Gasteiger partial charge in [0.25, 0.3) is 0 Å². The SMILES string of the molecule is Cc1cc(NC(=O)NCc2ccon2)ccc1C(=O)O. The van der Waals surface area contributed by atoms with Crippen molar-refractivity contribution in [3.05, 3.63) is 47.3 Å². The summed E-state index contributed by atoms with van der Waals surface area (Å²) in [5.41, 5.74) is 1.91. The Balaban J connectivity index is 1.94. The van der Waals surface area contributed by atoms with Crippen molar-refractivity contribution in [2.75, 3.05) is 5.32 Å². The molecule has 0 aliphatic rings. The second-order valence-electron chi connectivity index (χ2n) is 4.13. The largest absolute Gasteiger partial charge is 0.478 e. The first kappa shape index (κ1) is 13.6. The molecule has 1 aromatic carbocycles. The summed E-state index contributed by atoms with van der Waals surface area (Å²) in [4.78, 5) is 22.5. The number of carbonyl (C=O) groups excluding carboxylic acids is 1. The fourth-order valence-electron chi connectivity index (χ4n) is 1.66. The van der Waals surface area contributed by atoms with Crippen molar-refractivity contribution in [2.45, 2.75) is 13.5 Å². The standard InChI is InChI=1S/C13H13N3O4/c1-8-6-9(2-3-11(8)12(17)18)15-13(19)14-7-10-4-5-20-16-10/h2-6H,7H2,1H3,(H,17,18)(H2,14,15,19). The van der Waals surface area contributed by atoms with E-state index in [-0.39, 0.29) is 12.1 Å². The lowest BCUT2D eigenvalue weighted by Crippen LogP contribution is -2.28. The summed E-state index contributed by atoms with van der Waals surface area (Å²) >= 11 is 0. The molecule has 2 amide bonds. The monoisotopic (exact) mass is 275 g/mol. The first-order valence-electron chi connectivity index (χ1n) is 5.84. The van der Waals surface area contributed by atoms with Gasteiger partial charge in [0.05, 0.1) is 12.1 Å². The van der Waals surface area contributed by atoms with Crippen LogP contribution in [-0.4, -0.2) is 22.3 Å². The van der Waals surface area contributed by atoms with Gasteiger partial charge in [0, 0.05) is 11.8 Å². The number of benzene rings is 1. The number of anilines is 1. The Morgan fingerprint density at radius 1 is 1.35 bits per heavy atom. The minimum Gasteiger partial charge on any atom is -0.478 e. The maximum absolute atomic E-state index is 11.6. The molecule has 2 rings (SSSR count). The number of hydrogen-bond donors (Lipinski definition) is 3. The number of aromatic carboxylic acids is 1. The Kier molecular flexibility index (Phi) is 3.99. The van der Waals surface area contributed by atoms with Crippen LogP contribution in [0.5, 0.6) is 0 Å². The summed E-state index contributed by atoms with van der Waals surface area (Å²) in [7, 11) is 0. The summed E-state index contributed by atoms with van der Waals surface area (Å²) in [5, 5.41) is 17.8. The van der Waals surface area contributed by atoms with Gasteiger partial charge in [0.15, 0.2) is 0 Å². The van der Waals surface area contributed by atoms with E-state index in [2.05, 4.69) is 20.3 Å². The van der Waals surface area contributed by atoms with Crippen LogP contribution in [0.25, 0.3) is 0 Å². The van der Waals surface area contributed by atoms with E-state index < -0.39 is 12.0 Å². The molecule has 0 atom stereocenters. The molecule has 0 saturated heterocycles. The zero-order chi connectivity index (χ0) is 14.5. The van der Waals surface area contributed by atoms with Crippen LogP contribution in [0.2, 0.25) is 0 Å². The summed E-state index contributed by atoms with van der Waals surface area (Å²) in [6, 6.07) is 5.82. The number of carboxylic acid groups (broad SMARTS) is 1. The topological polar surface area (TPSA) is 104 Å². The normalized spacial score (nSPS) is 10.1. The van der Waals surface area contributed by atoms with E-state index in [0.717, 1.165) is 0 Å². The van der Waals surface area contributed by atoms with E-state index in [4.69, 9.17) is 5.11 Å². The molecule has 0 unspecified atom stereocenters. The molecule has 1 heterocycles. The molecule has 3 N–H and O–H groups in total. The van der Waals surface area contributed by atoms with Crippen molar-refractivity contribution in [1.82, 2.24) is 10.5 Å². The highest BCUT2D eigenvalue weighted by molar-refractivity contribution is 5.92. The first-order chi connectivity index (χ1) is 9.56. The lowest BCUT2D eigenvalue weighted by molar-refractivity contribution is 0.0696. The van der Waals surface area contributed by atoms with Gasteiger partial charge in [-0.05, 0) is 30.7 Å². The zero-order valence-corrected chi connectivity index (χ0v) is 10.7. The number of rotatable bonds is 4. The lowest BCUT2D eigenvalue weighted by Gasteiger charge is -2.08. The second kappa shape index (κ2) is 5.87. The molecule has 0 aliphatic heterocycles. The minimum atomic E-state index is -0.996. The van der Waals surface area contributed by atoms with Crippen molar-refractivity contribution < 1.29 is 19.2 Å². The van der Waals surface area contributed by atoms with Gasteiger partial charge in [0.2, 0.25) is 0 Å². The third-order valence-corrected chi connectivity index (χ3v) is 2.64. The molecule has 0 fully saturated rings. The zero-order valence-electron chi connectivity index (χ0n) is 10.7. The molecule has 7 heteroatoms. The van der Waals surface area contributed by atoms with Gasteiger partial charge in [0.1, 0.15) is 12.0 Å². The lowest BCUT2D eigenvalue weighted by atomic mass is 10.1. The summed E-state index contributed by atoms with van der Waals surface area (Å²) in [6.07, 6.45) is 1.42. The van der Waals surface area contributed by atoms with E-state index in [1.165, 1.54) is 18.4 Å². The molecule has 20 heavy (non-hydrogen) atoms. The first-order valence-corrected chi connectivity index (χ1v) is 5.84. The van der Waals surface area contributed by atoms with E-state index in [0.29, 0.717) is 16.9 Å². The highest BCUT2D eigenvalue weighted by Gasteiger charge is 2.08. The van der Waals surface area contributed by atoms with E-state index in [1.807, 2.05) is 0 Å². The van der Waals surface area contributed by atoms with Gasteiger partial charge in [-0.3, -0.25) is 0 Å². The number of carboxylic acids is 1. The van der Waals surface area contributed by atoms with Crippen molar-refractivity contribution in [1.29, 1.82) is 0 Å². The number of nitrogens with one attached hydrogen (secondary N) is 2. The smallest absolute Gasteiger partial charge is 0.335 e. The van der Waals surface area contributed by atoms with Crippen LogP contribution in [0.1, 0.15) is 21.6 Å². The number of aromatic nitrogens is 1. The number of hydrogen-bond acceptors (Lipinski definition) is 4. The third kappa shape index (κ3) is 3.35. The van der Waals surface area contributed by atoms with Crippen molar-refractivity contribution in [3.63, 3.8) is 0 Å². The molecule has 1 aromatic heterocycles. The molecule has 104 valence electrons. The van der Waals surface area contributed by atoms with Crippen molar-refractivity contribution in [3.8, 4) is 0 Å². The predicted molar refractivity (Wildman–Crippen MR) is 70.5 cm³/mol. The van der Waals surface area contributed by atoms with Crippen LogP contribution in [0, 0.1) is 6.92 Å². The Morgan fingerprint density at radius 3 is 2.75 bits per heavy atom. The summed E-state index contributed by atoms with van der Waals surface area (Å²) in [5.74, 6) is -0.996. The van der Waals surface area contributed by atoms with Gasteiger partial charge in [-0.1, -0.05) is 5.16 Å². The van der Waals surface area contributed by atoms with Gasteiger partial charge < -0.3 is 20.3 Å². The van der Waals surface area contributed by atoms with Crippen LogP contribution in [0.15, 0.2) is 35.1 Å². The Hall–Kier alpha value is -2.83. The molecular formula is C13H13N3O4. The van der Waals surface area contributed by atoms with Crippen LogP contribution >= 0.6 is 0 Å². The van der Waals surface area contributed by atoms with Gasteiger partial charge in [-0.2, -0.15) is 0 Å². The molecule has 2 aromatic rings. The van der Waals surface area contributed by atoms with Crippen LogP contribution in [-0.2, 0) is 6.54 Å². The van der Waals surface area contributed by atoms with E-state index >= 15 is 0 Å². The summed E-state index contributed by atoms with van der Waals surface area (Å²) in [6.45, 7) is 1.91. The predicted octanol–water partition coefficient (Wildman–Crippen LogP) is 2.00. The number of carbonyl (C=O) groups is 2. The maximum Gasteiger partial charge on any atom is 0.335 e. The molecule has 0 saturated carbocycles. The quantitative estimate of drug-likeness (QED) is 0.791. The molecule has 0 spiro atoms. The molecular weight excluding hydrogens is 262 g/mol. The highest BCUT2D eigenvalue weighted by atomic mass is 16.5. The van der Waals surface area contributed by atoms with Gasteiger partial charge >= 0.3 is 12.0 Å². The Bertz CT molecular complexity index is 623. The molecule has 0 bridgehead atoms. The number of amides is 2. The fourth-order valence-corrected chi connectivity index (χ4v) is 1.66. The highest BCUT2D eigenvalue weighted by Crippen LogP contribution is 2.15. The summed E-state index contributed by atoms with van der Waals surface area (Å²) < 4.78 is 4.64. The number of urea groups is 1. The second-order valence-corrected chi connectivity index (χ2v) is 4.13. The van der Waals surface area contributed by atoms with Crippen molar-refractivity contribution in [2.24, 2.45) is 0 Å². The van der Waals surface area contributed by atoms with Crippen molar-refractivity contribution >= 4 is 17.7 Å². The van der Waals surface area contributed by atoms with Gasteiger partial charge in [-0.15, -0.1) is 0 Å². The Morgan fingerprint density at radius 2 is 2.15 bits per heavy atom. The van der Waals surface area contributed by atoms with E-state index in [9.17, 15) is 9.59 Å². The third-order valence-electron chi connectivity index (χ3n) is 2.64.